The summed E-state index contributed by atoms with van der Waals surface area (Å²) < 4.78 is 7.23. The molecule has 0 fully saturated rings. The first kappa shape index (κ1) is 36.6. The molecule has 0 aliphatic carbocycles. The van der Waals surface area contributed by atoms with E-state index >= 15 is 0 Å². The minimum absolute atomic E-state index is 0.556. The van der Waals surface area contributed by atoms with E-state index in [2.05, 4.69) is 177 Å². The highest BCUT2D eigenvalue weighted by atomic mass is 15.0. The summed E-state index contributed by atoms with van der Waals surface area (Å²) >= 11 is 0. The Balaban J connectivity index is 1.23. The molecule has 0 bridgehead atoms. The van der Waals surface area contributed by atoms with E-state index < -0.39 is 0 Å². The summed E-state index contributed by atoms with van der Waals surface area (Å²) in [6.45, 7) is 0. The Morgan fingerprint density at radius 1 is 0.354 bits per heavy atom. The first-order valence-electron chi connectivity index (χ1n) is 21.8. The molecule has 0 N–H and O–H groups in total. The van der Waals surface area contributed by atoms with Crippen LogP contribution < -0.4 is 0 Å². The zero-order valence-electron chi connectivity index (χ0n) is 35.0. The van der Waals surface area contributed by atoms with Gasteiger partial charge in [-0.1, -0.05) is 158 Å². The first-order chi connectivity index (χ1) is 32.2. The van der Waals surface area contributed by atoms with E-state index in [1.165, 1.54) is 10.8 Å². The lowest BCUT2D eigenvalue weighted by Gasteiger charge is -2.15. The Hall–Kier alpha value is -9.05. The van der Waals surface area contributed by atoms with Crippen molar-refractivity contribution in [1.82, 2.24) is 23.7 Å². The van der Waals surface area contributed by atoms with Crippen LogP contribution >= 0.6 is 0 Å². The van der Waals surface area contributed by atoms with Crippen LogP contribution in [0.3, 0.4) is 0 Å². The van der Waals surface area contributed by atoms with Gasteiger partial charge < -0.3 is 13.7 Å². The molecule has 0 aliphatic rings. The number of para-hydroxylation sites is 5. The second kappa shape index (κ2) is 14.5. The first-order valence-corrected chi connectivity index (χ1v) is 21.8. The zero-order chi connectivity index (χ0) is 43.0. The molecule has 65 heavy (non-hydrogen) atoms. The van der Waals surface area contributed by atoms with Crippen molar-refractivity contribution in [3.8, 4) is 57.0 Å². The number of nitriles is 1. The molecule has 6 nitrogen and oxygen atoms in total. The summed E-state index contributed by atoms with van der Waals surface area (Å²) in [6.07, 6.45) is 0. The van der Waals surface area contributed by atoms with Crippen LogP contribution in [0.1, 0.15) is 5.56 Å². The maximum Gasteiger partial charge on any atom is 0.160 e. The molecule has 4 heterocycles. The molecule has 13 rings (SSSR count). The summed E-state index contributed by atoms with van der Waals surface area (Å²) in [5.74, 6) is 0.635. The van der Waals surface area contributed by atoms with Gasteiger partial charge in [0.1, 0.15) is 6.07 Å². The third-order valence-corrected chi connectivity index (χ3v) is 12.8. The SMILES string of the molecule is N#Cc1ccc(-c2cc(-c3ccccc3)nc(-c3ccccc3)n2)cc1-n1c2ccccc2c2c3c(c4ccccc4n3-c3ccccc3)c3c(c4ccccc4n3-c3ccccc3)c21. The summed E-state index contributed by atoms with van der Waals surface area (Å²) in [5, 5.41) is 17.9. The lowest BCUT2D eigenvalue weighted by atomic mass is 10.0. The molecule has 0 amide bonds. The van der Waals surface area contributed by atoms with Crippen molar-refractivity contribution in [2.24, 2.45) is 0 Å². The second-order valence-corrected chi connectivity index (χ2v) is 16.4. The normalized spacial score (nSPS) is 11.7. The van der Waals surface area contributed by atoms with Gasteiger partial charge in [0.05, 0.1) is 55.7 Å². The van der Waals surface area contributed by atoms with Crippen LogP contribution in [0.15, 0.2) is 218 Å². The molecule has 0 saturated carbocycles. The van der Waals surface area contributed by atoms with Crippen molar-refractivity contribution < 1.29 is 0 Å². The van der Waals surface area contributed by atoms with E-state index in [1.54, 1.807) is 0 Å². The number of hydrogen-bond acceptors (Lipinski definition) is 3. The maximum atomic E-state index is 11.1. The van der Waals surface area contributed by atoms with Crippen molar-refractivity contribution in [1.29, 1.82) is 5.26 Å². The molecule has 6 heteroatoms. The van der Waals surface area contributed by atoms with Crippen LogP contribution in [0.2, 0.25) is 0 Å². The Bertz CT molecular complexity index is 3920. The molecule has 4 aromatic heterocycles. The molecule has 0 atom stereocenters. The Morgan fingerprint density at radius 3 is 1.25 bits per heavy atom. The van der Waals surface area contributed by atoms with Gasteiger partial charge in [-0.25, -0.2) is 9.97 Å². The highest BCUT2D eigenvalue weighted by Gasteiger charge is 2.29. The third kappa shape index (κ3) is 5.53. The van der Waals surface area contributed by atoms with Gasteiger partial charge >= 0.3 is 0 Å². The van der Waals surface area contributed by atoms with Crippen molar-refractivity contribution in [3.05, 3.63) is 224 Å². The molecule has 9 aromatic carbocycles. The smallest absolute Gasteiger partial charge is 0.160 e. The average Bonchev–Trinajstić information content (AvgIpc) is 4.03. The van der Waals surface area contributed by atoms with Gasteiger partial charge in [-0.2, -0.15) is 5.26 Å². The lowest BCUT2D eigenvalue weighted by Crippen LogP contribution is -2.01. The Morgan fingerprint density at radius 2 is 0.754 bits per heavy atom. The van der Waals surface area contributed by atoms with Crippen LogP contribution in [0.25, 0.3) is 116 Å². The average molecular weight is 829 g/mol. The second-order valence-electron chi connectivity index (χ2n) is 16.4. The third-order valence-electron chi connectivity index (χ3n) is 12.8. The highest BCUT2D eigenvalue weighted by molar-refractivity contribution is 6.40. The van der Waals surface area contributed by atoms with Crippen molar-refractivity contribution >= 4 is 65.4 Å². The monoisotopic (exact) mass is 828 g/mol. The molecule has 302 valence electrons. The Labute approximate surface area is 373 Å². The fourth-order valence-corrected chi connectivity index (χ4v) is 10.1. The topological polar surface area (TPSA) is 64.4 Å². The number of aromatic nitrogens is 5. The van der Waals surface area contributed by atoms with Gasteiger partial charge in [0, 0.05) is 60.4 Å². The van der Waals surface area contributed by atoms with Crippen molar-refractivity contribution in [2.75, 3.05) is 0 Å². The predicted octanol–water partition coefficient (Wildman–Crippen LogP) is 14.6. The van der Waals surface area contributed by atoms with E-state index in [9.17, 15) is 5.26 Å². The zero-order valence-corrected chi connectivity index (χ0v) is 35.0. The number of nitrogens with zero attached hydrogens (tertiary/aromatic N) is 6. The molecule has 0 aliphatic heterocycles. The summed E-state index contributed by atoms with van der Waals surface area (Å²) in [4.78, 5) is 10.3. The molecular formula is C59H36N6. The van der Waals surface area contributed by atoms with E-state index in [0.717, 1.165) is 99.8 Å². The van der Waals surface area contributed by atoms with Crippen LogP contribution in [-0.2, 0) is 0 Å². The van der Waals surface area contributed by atoms with Gasteiger partial charge in [-0.05, 0) is 60.7 Å². The number of rotatable bonds is 6. The predicted molar refractivity (Wildman–Crippen MR) is 266 cm³/mol. The van der Waals surface area contributed by atoms with Crippen molar-refractivity contribution in [3.63, 3.8) is 0 Å². The van der Waals surface area contributed by atoms with Crippen LogP contribution in [0, 0.1) is 11.3 Å². The fraction of sp³-hybridized carbons (Fsp3) is 0. The number of hydrogen-bond donors (Lipinski definition) is 0. The molecule has 13 aromatic rings. The standard InChI is InChI=1S/C59H36N6/c60-37-41-34-33-40(48-36-47(38-19-5-1-6-20-38)61-59(62-48)39-21-7-2-8-22-39)35-52(41)65-51-32-18-15-29-46(51)55-57-53(44-27-13-16-30-49(44)63(57)42-23-9-3-10-24-42)56-54(58(55)65)45-28-14-17-31-50(45)64(56)43-25-11-4-12-26-43/h1-36H. The van der Waals surface area contributed by atoms with Crippen molar-refractivity contribution in [2.45, 2.75) is 0 Å². The molecule has 0 spiro atoms. The van der Waals surface area contributed by atoms with Crippen LogP contribution in [-0.4, -0.2) is 23.7 Å². The van der Waals surface area contributed by atoms with E-state index in [4.69, 9.17) is 9.97 Å². The molecular weight excluding hydrogens is 793 g/mol. The van der Waals surface area contributed by atoms with E-state index in [0.29, 0.717) is 11.4 Å². The molecule has 0 radical (unpaired) electrons. The maximum absolute atomic E-state index is 11.1. The minimum Gasteiger partial charge on any atom is -0.308 e. The largest absolute Gasteiger partial charge is 0.308 e. The van der Waals surface area contributed by atoms with Gasteiger partial charge in [0.25, 0.3) is 0 Å². The fourth-order valence-electron chi connectivity index (χ4n) is 10.1. The van der Waals surface area contributed by atoms with E-state index in [1.807, 2.05) is 60.7 Å². The van der Waals surface area contributed by atoms with Crippen LogP contribution in [0.4, 0.5) is 0 Å². The number of benzene rings is 9. The van der Waals surface area contributed by atoms with Gasteiger partial charge in [0.15, 0.2) is 5.82 Å². The van der Waals surface area contributed by atoms with Gasteiger partial charge in [0.2, 0.25) is 0 Å². The van der Waals surface area contributed by atoms with Gasteiger partial charge in [-0.3, -0.25) is 0 Å². The summed E-state index contributed by atoms with van der Waals surface area (Å²) in [6, 6.07) is 78.7. The molecule has 0 saturated heterocycles. The van der Waals surface area contributed by atoms with E-state index in [-0.39, 0.29) is 0 Å². The minimum atomic E-state index is 0.556. The highest BCUT2D eigenvalue weighted by Crippen LogP contribution is 2.50. The lowest BCUT2D eigenvalue weighted by molar-refractivity contribution is 1.16. The Kier molecular flexibility index (Phi) is 8.17. The summed E-state index contributed by atoms with van der Waals surface area (Å²) in [5.41, 5.74) is 14.4. The number of fused-ring (bicyclic) bond motifs is 12. The quantitative estimate of drug-likeness (QED) is 0.168. The summed E-state index contributed by atoms with van der Waals surface area (Å²) in [7, 11) is 0. The van der Waals surface area contributed by atoms with Crippen LogP contribution in [0.5, 0.6) is 0 Å². The van der Waals surface area contributed by atoms with Gasteiger partial charge in [-0.15, -0.1) is 0 Å². The molecule has 0 unspecified atom stereocenters.